The number of hydrogen-bond donors (Lipinski definition) is 0. The second-order valence-electron chi connectivity index (χ2n) is 16.6. The third-order valence-electron chi connectivity index (χ3n) is 12.5. The van der Waals surface area contributed by atoms with Gasteiger partial charge in [0, 0.05) is 44.0 Å². The van der Waals surface area contributed by atoms with E-state index in [1.807, 2.05) is 24.3 Å². The van der Waals surface area contributed by atoms with Crippen molar-refractivity contribution < 1.29 is 0 Å². The van der Waals surface area contributed by atoms with Crippen molar-refractivity contribution >= 4 is 32.7 Å². The molecule has 0 N–H and O–H groups in total. The Morgan fingerprint density at radius 1 is 0.242 bits per heavy atom. The molecule has 0 saturated heterocycles. The van der Waals surface area contributed by atoms with Gasteiger partial charge in [-0.2, -0.15) is 0 Å². The van der Waals surface area contributed by atoms with Crippen LogP contribution in [-0.4, -0.2) is 19.9 Å². The Labute approximate surface area is 383 Å². The number of para-hydroxylation sites is 2. The van der Waals surface area contributed by atoms with Gasteiger partial charge in [0.15, 0.2) is 5.82 Å². The molecule has 0 unspecified atom stereocenters. The zero-order valence-electron chi connectivity index (χ0n) is 35.9. The third-order valence-corrected chi connectivity index (χ3v) is 12.5. The van der Waals surface area contributed by atoms with Crippen molar-refractivity contribution in [2.75, 3.05) is 0 Å². The highest BCUT2D eigenvalue weighted by molar-refractivity contribution is 6.05. The van der Waals surface area contributed by atoms with Crippen LogP contribution in [0, 0.1) is 0 Å². The first-order valence-electron chi connectivity index (χ1n) is 22.3. The van der Waals surface area contributed by atoms with E-state index in [-0.39, 0.29) is 0 Å². The number of pyridine rings is 2. The largest absolute Gasteiger partial charge is 0.248 e. The number of fused-ring (bicyclic) bond motifs is 3. The van der Waals surface area contributed by atoms with Crippen LogP contribution in [0.4, 0.5) is 0 Å². The predicted molar refractivity (Wildman–Crippen MR) is 274 cm³/mol. The highest BCUT2D eigenvalue weighted by Gasteiger charge is 2.19. The molecular weight excluding hydrogens is 801 g/mol. The minimum atomic E-state index is 0.651. The van der Waals surface area contributed by atoms with Gasteiger partial charge in [0.1, 0.15) is 0 Å². The van der Waals surface area contributed by atoms with Gasteiger partial charge in [-0.25, -0.2) is 19.9 Å². The van der Waals surface area contributed by atoms with E-state index < -0.39 is 0 Å². The molecule has 0 amide bonds. The van der Waals surface area contributed by atoms with E-state index in [2.05, 4.69) is 218 Å². The highest BCUT2D eigenvalue weighted by atomic mass is 14.9. The summed E-state index contributed by atoms with van der Waals surface area (Å²) < 4.78 is 0. The molecule has 4 heteroatoms. The first kappa shape index (κ1) is 38.8. The van der Waals surface area contributed by atoms with Crippen LogP contribution in [0.25, 0.3) is 122 Å². The van der Waals surface area contributed by atoms with Crippen molar-refractivity contribution in [3.8, 4) is 89.7 Å². The standard InChI is InChI=1S/C62H40N4/c1-3-11-41(12-4-1)43-19-21-45(22-20-43)53-39-54(46-25-23-44(24-26-46)42-13-5-2-6-14-42)61-55(40-53)60(51-31-27-49(28-32-51)58-37-35-47-15-7-9-17-56(47)63-58)65-62(66-61)52-33-29-50(30-34-52)59-38-36-48-16-8-10-18-57(48)64-59/h1-40H. The fourth-order valence-electron chi connectivity index (χ4n) is 8.97. The van der Waals surface area contributed by atoms with E-state index in [9.17, 15) is 0 Å². The molecule has 308 valence electrons. The molecule has 0 aliphatic heterocycles. The predicted octanol–water partition coefficient (Wildman–Crippen LogP) is 16.1. The van der Waals surface area contributed by atoms with Gasteiger partial charge in [-0.15, -0.1) is 0 Å². The summed E-state index contributed by atoms with van der Waals surface area (Å²) in [7, 11) is 0. The summed E-state index contributed by atoms with van der Waals surface area (Å²) in [6.45, 7) is 0. The zero-order valence-corrected chi connectivity index (χ0v) is 35.9. The summed E-state index contributed by atoms with van der Waals surface area (Å²) >= 11 is 0. The molecular formula is C62H40N4. The van der Waals surface area contributed by atoms with Crippen molar-refractivity contribution in [3.05, 3.63) is 243 Å². The Bertz CT molecular complexity index is 3700. The SMILES string of the molecule is c1ccc(-c2ccc(-c3cc(-c4ccc(-c5ccccc5)cc4)c4nc(-c5ccc(-c6ccc7ccccc7n6)cc5)nc(-c5ccc(-c6ccc7ccccc7n6)cc5)c4c3)cc2)cc1. The lowest BCUT2D eigenvalue weighted by Crippen LogP contribution is -1.98. The molecule has 12 rings (SSSR count). The summed E-state index contributed by atoms with van der Waals surface area (Å²) in [5.74, 6) is 0.651. The van der Waals surface area contributed by atoms with Gasteiger partial charge in [-0.05, 0) is 75.3 Å². The maximum atomic E-state index is 5.48. The average Bonchev–Trinajstić information content (AvgIpc) is 3.40. The lowest BCUT2D eigenvalue weighted by atomic mass is 9.92. The lowest BCUT2D eigenvalue weighted by molar-refractivity contribution is 1.23. The van der Waals surface area contributed by atoms with Crippen LogP contribution < -0.4 is 0 Å². The molecule has 12 aromatic rings. The van der Waals surface area contributed by atoms with Crippen LogP contribution in [0.15, 0.2) is 243 Å². The molecule has 0 spiro atoms. The van der Waals surface area contributed by atoms with Gasteiger partial charge in [-0.3, -0.25) is 0 Å². The van der Waals surface area contributed by atoms with Crippen LogP contribution >= 0.6 is 0 Å². The molecule has 0 saturated carbocycles. The molecule has 3 heterocycles. The maximum Gasteiger partial charge on any atom is 0.160 e. The molecule has 66 heavy (non-hydrogen) atoms. The summed E-state index contributed by atoms with van der Waals surface area (Å²) in [5, 5.41) is 3.21. The minimum absolute atomic E-state index is 0.651. The average molecular weight is 841 g/mol. The summed E-state index contributed by atoms with van der Waals surface area (Å²) in [4.78, 5) is 20.9. The van der Waals surface area contributed by atoms with Gasteiger partial charge in [0.05, 0.1) is 33.6 Å². The molecule has 9 aromatic carbocycles. The van der Waals surface area contributed by atoms with Gasteiger partial charge in [-0.1, -0.05) is 206 Å². The molecule has 3 aromatic heterocycles. The second kappa shape index (κ2) is 16.7. The van der Waals surface area contributed by atoms with Crippen LogP contribution in [0.1, 0.15) is 0 Å². The molecule has 0 aliphatic carbocycles. The van der Waals surface area contributed by atoms with Crippen LogP contribution in [0.2, 0.25) is 0 Å². The van der Waals surface area contributed by atoms with Crippen LogP contribution in [-0.2, 0) is 0 Å². The third kappa shape index (κ3) is 7.47. The van der Waals surface area contributed by atoms with Crippen LogP contribution in [0.5, 0.6) is 0 Å². The van der Waals surface area contributed by atoms with Gasteiger partial charge in [0.25, 0.3) is 0 Å². The summed E-state index contributed by atoms with van der Waals surface area (Å²) in [5.41, 5.74) is 18.5. The Balaban J connectivity index is 1.04. The Morgan fingerprint density at radius 2 is 0.652 bits per heavy atom. The van der Waals surface area contributed by atoms with Gasteiger partial charge in [0.2, 0.25) is 0 Å². The molecule has 0 atom stereocenters. The second-order valence-corrected chi connectivity index (χ2v) is 16.6. The van der Waals surface area contributed by atoms with Crippen molar-refractivity contribution in [3.63, 3.8) is 0 Å². The number of benzene rings is 9. The van der Waals surface area contributed by atoms with Crippen molar-refractivity contribution in [1.29, 1.82) is 0 Å². The van der Waals surface area contributed by atoms with Gasteiger partial charge >= 0.3 is 0 Å². The van der Waals surface area contributed by atoms with E-state index in [0.717, 1.165) is 99.9 Å². The minimum Gasteiger partial charge on any atom is -0.248 e. The summed E-state index contributed by atoms with van der Waals surface area (Å²) in [6.07, 6.45) is 0. The summed E-state index contributed by atoms with van der Waals surface area (Å²) in [6, 6.07) is 85.3. The first-order chi connectivity index (χ1) is 32.7. The molecule has 0 bridgehead atoms. The Hall–Kier alpha value is -8.86. The van der Waals surface area contributed by atoms with E-state index in [4.69, 9.17) is 19.9 Å². The van der Waals surface area contributed by atoms with Crippen molar-refractivity contribution in [1.82, 2.24) is 19.9 Å². The molecule has 0 radical (unpaired) electrons. The van der Waals surface area contributed by atoms with E-state index in [1.54, 1.807) is 0 Å². The fraction of sp³-hybridized carbons (Fsp3) is 0. The Morgan fingerprint density at radius 3 is 1.18 bits per heavy atom. The maximum absolute atomic E-state index is 5.48. The molecule has 0 aliphatic rings. The van der Waals surface area contributed by atoms with E-state index in [0.29, 0.717) is 5.82 Å². The van der Waals surface area contributed by atoms with E-state index in [1.165, 1.54) is 16.7 Å². The van der Waals surface area contributed by atoms with E-state index >= 15 is 0 Å². The fourth-order valence-corrected chi connectivity index (χ4v) is 8.97. The van der Waals surface area contributed by atoms with Crippen LogP contribution in [0.3, 0.4) is 0 Å². The highest BCUT2D eigenvalue weighted by Crippen LogP contribution is 2.40. The monoisotopic (exact) mass is 840 g/mol. The number of hydrogen-bond acceptors (Lipinski definition) is 4. The quantitative estimate of drug-likeness (QED) is 0.153. The van der Waals surface area contributed by atoms with Crippen molar-refractivity contribution in [2.24, 2.45) is 0 Å². The number of rotatable bonds is 8. The number of nitrogens with zero attached hydrogens (tertiary/aromatic N) is 4. The van der Waals surface area contributed by atoms with Crippen molar-refractivity contribution in [2.45, 2.75) is 0 Å². The zero-order chi connectivity index (χ0) is 43.8. The smallest absolute Gasteiger partial charge is 0.160 e. The first-order valence-corrected chi connectivity index (χ1v) is 22.3. The molecule has 4 nitrogen and oxygen atoms in total. The number of aromatic nitrogens is 4. The topological polar surface area (TPSA) is 51.6 Å². The lowest BCUT2D eigenvalue weighted by Gasteiger charge is -2.16. The van der Waals surface area contributed by atoms with Gasteiger partial charge < -0.3 is 0 Å². The Kier molecular flexibility index (Phi) is 9.81. The normalized spacial score (nSPS) is 11.3. The molecule has 0 fully saturated rings.